The molecular formula is C19H17N2OP. The van der Waals surface area contributed by atoms with Gasteiger partial charge in [-0.15, -0.1) is 0 Å². The van der Waals surface area contributed by atoms with E-state index in [-0.39, 0.29) is 0 Å². The third-order valence-corrected chi connectivity index (χ3v) is 5.97. The second kappa shape index (κ2) is 7.17. The SMILES string of the molecule is O=P(/N=C/Cc1ccccn1)(c1ccccc1)c1ccccc1. The van der Waals surface area contributed by atoms with Gasteiger partial charge in [0, 0.05) is 35.1 Å². The molecule has 0 unspecified atom stereocenters. The zero-order valence-corrected chi connectivity index (χ0v) is 13.5. The Hall–Kier alpha value is -2.51. The summed E-state index contributed by atoms with van der Waals surface area (Å²) in [6.07, 6.45) is 4.02. The van der Waals surface area contributed by atoms with Crippen molar-refractivity contribution in [2.45, 2.75) is 6.42 Å². The summed E-state index contributed by atoms with van der Waals surface area (Å²) in [7, 11) is -3.02. The smallest absolute Gasteiger partial charge is 0.247 e. The minimum absolute atomic E-state index is 0.560. The molecule has 1 aromatic heterocycles. The van der Waals surface area contributed by atoms with E-state index in [9.17, 15) is 4.57 Å². The standard InChI is InChI=1S/C19H17N2OP/c22-23(18-10-3-1-4-11-18,19-12-5-2-6-13-19)21-16-14-17-9-7-8-15-20-17/h1-13,15-16H,14H2/b21-16+. The average molecular weight is 320 g/mol. The topological polar surface area (TPSA) is 42.3 Å². The number of pyridine rings is 1. The molecule has 23 heavy (non-hydrogen) atoms. The summed E-state index contributed by atoms with van der Waals surface area (Å²) >= 11 is 0. The van der Waals surface area contributed by atoms with E-state index in [4.69, 9.17) is 0 Å². The van der Waals surface area contributed by atoms with Crippen molar-refractivity contribution < 1.29 is 4.57 Å². The Morgan fingerprint density at radius 1 is 0.826 bits per heavy atom. The molecule has 114 valence electrons. The lowest BCUT2D eigenvalue weighted by Gasteiger charge is -2.14. The fourth-order valence-corrected chi connectivity index (χ4v) is 4.34. The van der Waals surface area contributed by atoms with Crippen molar-refractivity contribution in [2.24, 2.45) is 4.76 Å². The summed E-state index contributed by atoms with van der Waals surface area (Å²) in [5.74, 6) is 0. The van der Waals surface area contributed by atoms with E-state index in [0.717, 1.165) is 16.3 Å². The highest BCUT2D eigenvalue weighted by Crippen LogP contribution is 2.44. The molecule has 3 aromatic rings. The van der Waals surface area contributed by atoms with Gasteiger partial charge in [0.2, 0.25) is 7.29 Å². The van der Waals surface area contributed by atoms with E-state index in [0.29, 0.717) is 6.42 Å². The molecule has 0 aliphatic rings. The molecule has 1 heterocycles. The molecule has 0 bridgehead atoms. The first kappa shape index (κ1) is 15.4. The molecule has 0 fully saturated rings. The Balaban J connectivity index is 1.95. The Kier molecular flexibility index (Phi) is 4.80. The van der Waals surface area contributed by atoms with Crippen LogP contribution < -0.4 is 10.6 Å². The number of hydrogen-bond acceptors (Lipinski definition) is 2. The summed E-state index contributed by atoms with van der Waals surface area (Å²) in [4.78, 5) is 4.26. The number of aromatic nitrogens is 1. The summed E-state index contributed by atoms with van der Waals surface area (Å²) in [5.41, 5.74) is 0.906. The van der Waals surface area contributed by atoms with Crippen LogP contribution >= 0.6 is 7.29 Å². The molecule has 0 saturated carbocycles. The van der Waals surface area contributed by atoms with Gasteiger partial charge in [-0.3, -0.25) is 9.55 Å². The van der Waals surface area contributed by atoms with Crippen molar-refractivity contribution in [3.8, 4) is 0 Å². The lowest BCUT2D eigenvalue weighted by Crippen LogP contribution is -2.14. The third kappa shape index (κ3) is 3.64. The fraction of sp³-hybridized carbons (Fsp3) is 0.0526. The zero-order valence-electron chi connectivity index (χ0n) is 12.6. The van der Waals surface area contributed by atoms with Gasteiger partial charge in [0.05, 0.1) is 0 Å². The first-order valence-corrected chi connectivity index (χ1v) is 9.10. The molecule has 0 saturated heterocycles. The minimum Gasteiger partial charge on any atom is -0.288 e. The molecule has 0 amide bonds. The normalized spacial score (nSPS) is 11.7. The molecule has 3 nitrogen and oxygen atoms in total. The van der Waals surface area contributed by atoms with E-state index >= 15 is 0 Å². The molecule has 4 heteroatoms. The van der Waals surface area contributed by atoms with Crippen LogP contribution in [0.15, 0.2) is 89.8 Å². The Bertz CT molecular complexity index is 774. The summed E-state index contributed by atoms with van der Waals surface area (Å²) in [5, 5.41) is 1.48. The third-order valence-electron chi connectivity index (χ3n) is 3.48. The van der Waals surface area contributed by atoms with Gasteiger partial charge in [-0.2, -0.15) is 0 Å². The minimum atomic E-state index is -3.02. The molecule has 0 radical (unpaired) electrons. The lowest BCUT2D eigenvalue weighted by molar-refractivity contribution is 0.588. The summed E-state index contributed by atoms with van der Waals surface area (Å²) in [6.45, 7) is 0. The maximum atomic E-state index is 13.6. The molecular weight excluding hydrogens is 303 g/mol. The predicted octanol–water partition coefficient (Wildman–Crippen LogP) is 3.62. The maximum absolute atomic E-state index is 13.6. The van der Waals surface area contributed by atoms with Crippen LogP contribution in [0.4, 0.5) is 0 Å². The van der Waals surface area contributed by atoms with Gasteiger partial charge in [0.25, 0.3) is 0 Å². The van der Waals surface area contributed by atoms with E-state index in [1.54, 1.807) is 12.4 Å². The van der Waals surface area contributed by atoms with Crippen LogP contribution in [0.5, 0.6) is 0 Å². The number of nitrogens with zero attached hydrogens (tertiary/aromatic N) is 2. The van der Waals surface area contributed by atoms with E-state index in [1.807, 2.05) is 78.9 Å². The van der Waals surface area contributed by atoms with Crippen LogP contribution in [0.3, 0.4) is 0 Å². The zero-order chi connectivity index (χ0) is 16.0. The summed E-state index contributed by atoms with van der Waals surface area (Å²) < 4.78 is 18.1. The Morgan fingerprint density at radius 2 is 1.39 bits per heavy atom. The summed E-state index contributed by atoms with van der Waals surface area (Å²) in [6, 6.07) is 24.6. The second-order valence-electron chi connectivity index (χ2n) is 5.07. The molecule has 3 rings (SSSR count). The number of hydrogen-bond donors (Lipinski definition) is 0. The molecule has 0 aliphatic carbocycles. The second-order valence-corrected chi connectivity index (χ2v) is 7.49. The van der Waals surface area contributed by atoms with Crippen LogP contribution in [0.2, 0.25) is 0 Å². The fourth-order valence-electron chi connectivity index (χ4n) is 2.31. The number of rotatable bonds is 5. The van der Waals surface area contributed by atoms with Crippen molar-refractivity contribution in [3.05, 3.63) is 90.8 Å². The van der Waals surface area contributed by atoms with Crippen LogP contribution in [0.25, 0.3) is 0 Å². The largest absolute Gasteiger partial charge is 0.288 e. The van der Waals surface area contributed by atoms with E-state index in [2.05, 4.69) is 9.75 Å². The molecule has 0 atom stereocenters. The monoisotopic (exact) mass is 320 g/mol. The lowest BCUT2D eigenvalue weighted by atomic mass is 10.3. The Morgan fingerprint density at radius 3 is 1.91 bits per heavy atom. The van der Waals surface area contributed by atoms with Gasteiger partial charge in [0.1, 0.15) is 0 Å². The molecule has 2 aromatic carbocycles. The van der Waals surface area contributed by atoms with Gasteiger partial charge in [-0.05, 0) is 36.4 Å². The maximum Gasteiger partial charge on any atom is 0.247 e. The highest BCUT2D eigenvalue weighted by atomic mass is 31.2. The first-order valence-electron chi connectivity index (χ1n) is 7.44. The quantitative estimate of drug-likeness (QED) is 0.532. The highest BCUT2D eigenvalue weighted by Gasteiger charge is 2.25. The van der Waals surface area contributed by atoms with Gasteiger partial charge < -0.3 is 0 Å². The van der Waals surface area contributed by atoms with Crippen LogP contribution in [-0.2, 0) is 11.0 Å². The van der Waals surface area contributed by atoms with Gasteiger partial charge in [-0.25, -0.2) is 4.76 Å². The van der Waals surface area contributed by atoms with Gasteiger partial charge >= 0.3 is 0 Å². The van der Waals surface area contributed by atoms with E-state index in [1.165, 1.54) is 0 Å². The first-order chi connectivity index (χ1) is 11.3. The van der Waals surface area contributed by atoms with Crippen molar-refractivity contribution in [1.29, 1.82) is 0 Å². The Labute approximate surface area is 136 Å². The molecule has 0 spiro atoms. The van der Waals surface area contributed by atoms with Crippen molar-refractivity contribution in [2.75, 3.05) is 0 Å². The van der Waals surface area contributed by atoms with Crippen LogP contribution in [0, 0.1) is 0 Å². The average Bonchev–Trinajstić information content (AvgIpc) is 2.64. The van der Waals surface area contributed by atoms with Crippen LogP contribution in [0.1, 0.15) is 5.69 Å². The molecule has 0 aliphatic heterocycles. The predicted molar refractivity (Wildman–Crippen MR) is 96.2 cm³/mol. The molecule has 0 N–H and O–H groups in total. The van der Waals surface area contributed by atoms with Gasteiger partial charge in [-0.1, -0.05) is 42.5 Å². The van der Waals surface area contributed by atoms with Crippen molar-refractivity contribution in [3.63, 3.8) is 0 Å². The van der Waals surface area contributed by atoms with Crippen LogP contribution in [-0.4, -0.2) is 11.2 Å². The van der Waals surface area contributed by atoms with Crippen molar-refractivity contribution in [1.82, 2.24) is 4.98 Å². The number of benzene rings is 2. The van der Waals surface area contributed by atoms with Gasteiger partial charge in [0.15, 0.2) is 0 Å². The van der Waals surface area contributed by atoms with Crippen molar-refractivity contribution >= 4 is 24.1 Å². The van der Waals surface area contributed by atoms with E-state index < -0.39 is 7.29 Å². The highest BCUT2D eigenvalue weighted by molar-refractivity contribution is 7.77.